The van der Waals surface area contributed by atoms with Gasteiger partial charge in [0.25, 0.3) is 0 Å². The second-order valence-corrected chi connectivity index (χ2v) is 10.9. The molecule has 1 saturated heterocycles. The Morgan fingerprint density at radius 1 is 1.00 bits per heavy atom. The van der Waals surface area contributed by atoms with Gasteiger partial charge in [0.15, 0.2) is 0 Å². The Labute approximate surface area is 198 Å². The smallest absolute Gasteiger partial charge is 0.243 e. The second kappa shape index (κ2) is 11.3. The van der Waals surface area contributed by atoms with Gasteiger partial charge in [-0.1, -0.05) is 60.7 Å². The highest BCUT2D eigenvalue weighted by molar-refractivity contribution is 7.89. The average Bonchev–Trinajstić information content (AvgIpc) is 2.84. The number of ether oxygens (including phenoxy) is 1. The molecule has 33 heavy (non-hydrogen) atoms. The predicted octanol–water partition coefficient (Wildman–Crippen LogP) is 4.78. The van der Waals surface area contributed by atoms with Gasteiger partial charge in [-0.05, 0) is 60.2 Å². The second-order valence-electron chi connectivity index (χ2n) is 8.95. The van der Waals surface area contributed by atoms with Crippen molar-refractivity contribution in [1.29, 1.82) is 0 Å². The van der Waals surface area contributed by atoms with E-state index in [0.717, 1.165) is 43.2 Å². The lowest BCUT2D eigenvalue weighted by atomic mass is 9.97. The maximum atomic E-state index is 13.7. The van der Waals surface area contributed by atoms with E-state index in [1.54, 1.807) is 23.5 Å². The minimum absolute atomic E-state index is 0.320. The van der Waals surface area contributed by atoms with Gasteiger partial charge in [0.2, 0.25) is 10.0 Å². The summed E-state index contributed by atoms with van der Waals surface area (Å²) in [6.45, 7) is 4.46. The van der Waals surface area contributed by atoms with E-state index >= 15 is 0 Å². The minimum atomic E-state index is -3.59. The van der Waals surface area contributed by atoms with E-state index in [0.29, 0.717) is 36.9 Å². The van der Waals surface area contributed by atoms with Crippen molar-refractivity contribution in [3.05, 3.63) is 78.4 Å². The summed E-state index contributed by atoms with van der Waals surface area (Å²) in [6, 6.07) is 23.8. The van der Waals surface area contributed by atoms with Crippen LogP contribution in [0, 0.1) is 5.92 Å². The van der Waals surface area contributed by atoms with E-state index in [2.05, 4.69) is 29.2 Å². The van der Waals surface area contributed by atoms with Gasteiger partial charge in [0.05, 0.1) is 4.90 Å². The molecular formula is C27H34N2O3S. The van der Waals surface area contributed by atoms with Crippen LogP contribution in [-0.4, -0.2) is 57.5 Å². The first-order valence-electron chi connectivity index (χ1n) is 11.8. The van der Waals surface area contributed by atoms with Gasteiger partial charge < -0.3 is 4.74 Å². The number of methoxy groups -OCH3 is 1. The highest BCUT2D eigenvalue weighted by Crippen LogP contribution is 2.26. The fourth-order valence-electron chi connectivity index (χ4n) is 4.75. The van der Waals surface area contributed by atoms with Crippen LogP contribution in [-0.2, 0) is 21.3 Å². The third-order valence-corrected chi connectivity index (χ3v) is 8.29. The summed E-state index contributed by atoms with van der Waals surface area (Å²) >= 11 is 0. The maximum Gasteiger partial charge on any atom is 0.243 e. The molecule has 0 aromatic heterocycles. The third kappa shape index (κ3) is 6.21. The lowest BCUT2D eigenvalue weighted by Crippen LogP contribution is -2.43. The summed E-state index contributed by atoms with van der Waals surface area (Å²) in [5, 5.41) is 1.99. The largest absolute Gasteiger partial charge is 0.385 e. The molecular weight excluding hydrogens is 432 g/mol. The van der Waals surface area contributed by atoms with Crippen LogP contribution in [0.2, 0.25) is 0 Å². The highest BCUT2D eigenvalue weighted by atomic mass is 32.2. The van der Waals surface area contributed by atoms with Gasteiger partial charge in [-0.2, -0.15) is 4.31 Å². The van der Waals surface area contributed by atoms with Gasteiger partial charge in [0.1, 0.15) is 0 Å². The summed E-state index contributed by atoms with van der Waals surface area (Å²) in [6.07, 6.45) is 2.84. The summed E-state index contributed by atoms with van der Waals surface area (Å²) in [5.41, 5.74) is 1.30. The van der Waals surface area contributed by atoms with Crippen LogP contribution in [0.4, 0.5) is 0 Å². The quantitative estimate of drug-likeness (QED) is 0.404. The van der Waals surface area contributed by atoms with Crippen LogP contribution in [0.1, 0.15) is 24.8 Å². The Morgan fingerprint density at radius 2 is 1.76 bits per heavy atom. The van der Waals surface area contributed by atoms with Crippen molar-refractivity contribution >= 4 is 20.8 Å². The lowest BCUT2D eigenvalue weighted by molar-refractivity contribution is 0.145. The molecule has 1 atom stereocenters. The summed E-state index contributed by atoms with van der Waals surface area (Å²) in [7, 11) is -1.93. The van der Waals surface area contributed by atoms with Crippen LogP contribution in [0.25, 0.3) is 10.8 Å². The third-order valence-electron chi connectivity index (χ3n) is 6.43. The number of piperidine rings is 1. The Balaban J connectivity index is 1.50. The molecule has 0 radical (unpaired) electrons. The Kier molecular flexibility index (Phi) is 8.15. The zero-order valence-electron chi connectivity index (χ0n) is 19.4. The molecule has 0 N–H and O–H groups in total. The van der Waals surface area contributed by atoms with Crippen LogP contribution in [0.15, 0.2) is 77.7 Å². The molecule has 0 aliphatic carbocycles. The molecule has 1 aliphatic rings. The first kappa shape index (κ1) is 23.9. The van der Waals surface area contributed by atoms with E-state index < -0.39 is 10.0 Å². The molecule has 1 heterocycles. The van der Waals surface area contributed by atoms with Crippen LogP contribution in [0.5, 0.6) is 0 Å². The number of likely N-dealkylation sites (tertiary alicyclic amines) is 1. The maximum absolute atomic E-state index is 13.7. The number of rotatable bonds is 10. The zero-order chi connectivity index (χ0) is 23.1. The Bertz CT molecular complexity index is 1130. The van der Waals surface area contributed by atoms with Crippen molar-refractivity contribution in [2.75, 3.05) is 39.9 Å². The van der Waals surface area contributed by atoms with Gasteiger partial charge in [-0.3, -0.25) is 4.90 Å². The van der Waals surface area contributed by atoms with Gasteiger partial charge in [-0.15, -0.1) is 0 Å². The minimum Gasteiger partial charge on any atom is -0.385 e. The van der Waals surface area contributed by atoms with Gasteiger partial charge in [-0.25, -0.2) is 8.42 Å². The number of fused-ring (bicyclic) bond motifs is 1. The molecule has 1 aliphatic heterocycles. The van der Waals surface area contributed by atoms with Crippen LogP contribution < -0.4 is 0 Å². The molecule has 4 rings (SSSR count). The van der Waals surface area contributed by atoms with E-state index in [1.165, 1.54) is 5.56 Å². The van der Waals surface area contributed by atoms with Crippen LogP contribution >= 0.6 is 0 Å². The summed E-state index contributed by atoms with van der Waals surface area (Å²) < 4.78 is 34.3. The van der Waals surface area contributed by atoms with Crippen molar-refractivity contribution in [2.45, 2.75) is 30.7 Å². The van der Waals surface area contributed by atoms with E-state index in [1.807, 2.05) is 36.4 Å². The molecule has 0 spiro atoms. The molecule has 0 saturated carbocycles. The molecule has 0 bridgehead atoms. The molecule has 176 valence electrons. The fourth-order valence-corrected chi connectivity index (χ4v) is 6.34. The van der Waals surface area contributed by atoms with Crippen molar-refractivity contribution in [1.82, 2.24) is 9.21 Å². The molecule has 1 fully saturated rings. The van der Waals surface area contributed by atoms with E-state index in [4.69, 9.17) is 4.74 Å². The fraction of sp³-hybridized carbons (Fsp3) is 0.407. The lowest BCUT2D eigenvalue weighted by Gasteiger charge is -2.35. The molecule has 5 nitrogen and oxygen atoms in total. The number of hydrogen-bond donors (Lipinski definition) is 0. The van der Waals surface area contributed by atoms with Crippen molar-refractivity contribution in [3.8, 4) is 0 Å². The highest BCUT2D eigenvalue weighted by Gasteiger charge is 2.29. The average molecular weight is 467 g/mol. The number of sulfonamides is 1. The molecule has 3 aromatic rings. The van der Waals surface area contributed by atoms with Crippen molar-refractivity contribution < 1.29 is 13.2 Å². The Morgan fingerprint density at radius 3 is 2.55 bits per heavy atom. The van der Waals surface area contributed by atoms with E-state index in [9.17, 15) is 8.42 Å². The zero-order valence-corrected chi connectivity index (χ0v) is 20.2. The van der Waals surface area contributed by atoms with Crippen LogP contribution in [0.3, 0.4) is 0 Å². The summed E-state index contributed by atoms with van der Waals surface area (Å²) in [5.74, 6) is 0.320. The van der Waals surface area contributed by atoms with Gasteiger partial charge >= 0.3 is 0 Å². The van der Waals surface area contributed by atoms with Gasteiger partial charge in [0, 0.05) is 39.9 Å². The van der Waals surface area contributed by atoms with E-state index in [-0.39, 0.29) is 0 Å². The van der Waals surface area contributed by atoms with Crippen molar-refractivity contribution in [3.63, 3.8) is 0 Å². The Hall–Kier alpha value is -2.25. The first-order chi connectivity index (χ1) is 16.1. The first-order valence-corrected chi connectivity index (χ1v) is 13.2. The number of benzene rings is 3. The monoisotopic (exact) mass is 466 g/mol. The molecule has 6 heteroatoms. The summed E-state index contributed by atoms with van der Waals surface area (Å²) in [4.78, 5) is 2.83. The molecule has 3 aromatic carbocycles. The number of nitrogens with zero attached hydrogens (tertiary/aromatic N) is 2. The SMILES string of the molecule is COCCCN(CC1CCCN(Cc2ccccc2)C1)S(=O)(=O)c1ccc2ccccc2c1. The normalized spacial score (nSPS) is 17.6. The topological polar surface area (TPSA) is 49.9 Å². The molecule has 0 amide bonds. The molecule has 1 unspecified atom stereocenters. The standard InChI is InChI=1S/C27H34N2O3S/c1-32-18-8-17-29(33(30,31)27-15-14-25-12-5-6-13-26(25)19-27)22-24-11-7-16-28(21-24)20-23-9-3-2-4-10-23/h2-6,9-10,12-15,19,24H,7-8,11,16-18,20-22H2,1H3. The van der Waals surface area contributed by atoms with Crippen molar-refractivity contribution in [2.24, 2.45) is 5.92 Å². The predicted molar refractivity (Wildman–Crippen MR) is 134 cm³/mol. The number of hydrogen-bond acceptors (Lipinski definition) is 4.